The first-order valence-electron chi connectivity index (χ1n) is 4.03. The van der Waals surface area contributed by atoms with Crippen molar-refractivity contribution in [1.82, 2.24) is 0 Å². The van der Waals surface area contributed by atoms with Gasteiger partial charge >= 0.3 is 0 Å². The molecule has 60 valence electrons. The van der Waals surface area contributed by atoms with Crippen LogP contribution in [-0.2, 0) is 4.79 Å². The SMILES string of the molecule is CCCCN.O=C1CCC1. The summed E-state index contributed by atoms with van der Waals surface area (Å²) in [6, 6.07) is 0. The fourth-order valence-electron chi connectivity index (χ4n) is 0.525. The molecule has 2 nitrogen and oxygen atoms in total. The minimum Gasteiger partial charge on any atom is -0.330 e. The molecule has 0 unspecified atom stereocenters. The van der Waals surface area contributed by atoms with E-state index in [9.17, 15) is 4.79 Å². The van der Waals surface area contributed by atoms with Gasteiger partial charge in [-0.15, -0.1) is 0 Å². The summed E-state index contributed by atoms with van der Waals surface area (Å²) in [4.78, 5) is 9.90. The molecular weight excluding hydrogens is 126 g/mol. The van der Waals surface area contributed by atoms with Crippen LogP contribution in [0.25, 0.3) is 0 Å². The molecule has 0 saturated heterocycles. The molecule has 0 atom stereocenters. The van der Waals surface area contributed by atoms with Gasteiger partial charge in [0.25, 0.3) is 0 Å². The van der Waals surface area contributed by atoms with Crippen molar-refractivity contribution in [1.29, 1.82) is 0 Å². The van der Waals surface area contributed by atoms with Gasteiger partial charge in [-0.2, -0.15) is 0 Å². The lowest BCUT2D eigenvalue weighted by molar-refractivity contribution is -0.123. The highest BCUT2D eigenvalue weighted by molar-refractivity contribution is 5.83. The van der Waals surface area contributed by atoms with E-state index in [0.29, 0.717) is 5.78 Å². The van der Waals surface area contributed by atoms with Crippen LogP contribution in [0.5, 0.6) is 0 Å². The quantitative estimate of drug-likeness (QED) is 0.636. The van der Waals surface area contributed by atoms with Crippen LogP contribution < -0.4 is 5.73 Å². The van der Waals surface area contributed by atoms with E-state index in [1.165, 1.54) is 12.8 Å². The Kier molecular flexibility index (Phi) is 6.50. The maximum absolute atomic E-state index is 9.90. The third kappa shape index (κ3) is 5.76. The highest BCUT2D eigenvalue weighted by atomic mass is 16.1. The molecule has 1 aliphatic carbocycles. The number of carbonyl (C=O) groups is 1. The van der Waals surface area contributed by atoms with Crippen molar-refractivity contribution in [3.8, 4) is 0 Å². The van der Waals surface area contributed by atoms with Crippen LogP contribution in [0, 0.1) is 0 Å². The van der Waals surface area contributed by atoms with Gasteiger partial charge < -0.3 is 5.73 Å². The highest BCUT2D eigenvalue weighted by Gasteiger charge is 2.09. The number of carbonyl (C=O) groups excluding carboxylic acids is 1. The van der Waals surface area contributed by atoms with Crippen molar-refractivity contribution >= 4 is 5.78 Å². The second kappa shape index (κ2) is 6.75. The smallest absolute Gasteiger partial charge is 0.132 e. The monoisotopic (exact) mass is 143 g/mol. The Labute approximate surface area is 62.8 Å². The lowest BCUT2D eigenvalue weighted by atomic mass is 9.99. The van der Waals surface area contributed by atoms with E-state index in [1.807, 2.05) is 0 Å². The zero-order chi connectivity index (χ0) is 7.82. The van der Waals surface area contributed by atoms with Crippen molar-refractivity contribution < 1.29 is 4.79 Å². The Morgan fingerprint density at radius 2 is 2.00 bits per heavy atom. The van der Waals surface area contributed by atoms with Crippen LogP contribution in [0.15, 0.2) is 0 Å². The fraction of sp³-hybridized carbons (Fsp3) is 0.875. The second-order valence-corrected chi connectivity index (χ2v) is 2.53. The summed E-state index contributed by atoms with van der Waals surface area (Å²) in [5, 5.41) is 0. The maximum atomic E-state index is 9.90. The van der Waals surface area contributed by atoms with E-state index >= 15 is 0 Å². The number of hydrogen-bond donors (Lipinski definition) is 1. The molecule has 0 amide bonds. The Balaban J connectivity index is 0.000000162. The molecule has 0 radical (unpaired) electrons. The molecule has 0 aromatic rings. The molecule has 10 heavy (non-hydrogen) atoms. The van der Waals surface area contributed by atoms with E-state index in [2.05, 4.69) is 6.92 Å². The predicted octanol–water partition coefficient (Wildman–Crippen LogP) is 1.48. The summed E-state index contributed by atoms with van der Waals surface area (Å²) >= 11 is 0. The molecule has 0 bridgehead atoms. The Hall–Kier alpha value is -0.370. The van der Waals surface area contributed by atoms with Crippen LogP contribution in [0.2, 0.25) is 0 Å². The minimum atomic E-state index is 0.435. The molecule has 0 heterocycles. The zero-order valence-electron chi connectivity index (χ0n) is 6.73. The van der Waals surface area contributed by atoms with Gasteiger partial charge in [-0.05, 0) is 19.4 Å². The van der Waals surface area contributed by atoms with Crippen molar-refractivity contribution in [2.45, 2.75) is 39.0 Å². The van der Waals surface area contributed by atoms with Gasteiger partial charge in [0.1, 0.15) is 5.78 Å². The molecule has 0 aromatic carbocycles. The number of ketones is 1. The van der Waals surface area contributed by atoms with Crippen molar-refractivity contribution in [3.63, 3.8) is 0 Å². The zero-order valence-corrected chi connectivity index (χ0v) is 6.73. The molecule has 0 spiro atoms. The van der Waals surface area contributed by atoms with Gasteiger partial charge in [-0.1, -0.05) is 13.3 Å². The second-order valence-electron chi connectivity index (χ2n) is 2.53. The molecular formula is C8H17NO. The van der Waals surface area contributed by atoms with Crippen LogP contribution >= 0.6 is 0 Å². The molecule has 0 aliphatic heterocycles. The first kappa shape index (κ1) is 9.63. The molecule has 2 N–H and O–H groups in total. The molecule has 2 heteroatoms. The topological polar surface area (TPSA) is 43.1 Å². The van der Waals surface area contributed by atoms with Gasteiger partial charge in [-0.25, -0.2) is 0 Å². The first-order valence-corrected chi connectivity index (χ1v) is 4.03. The Bertz CT molecular complexity index is 83.3. The average Bonchev–Trinajstić information content (AvgIpc) is 1.87. The number of nitrogens with two attached hydrogens (primary N) is 1. The van der Waals surface area contributed by atoms with E-state index in [4.69, 9.17) is 5.73 Å². The summed E-state index contributed by atoms with van der Waals surface area (Å²) in [6.07, 6.45) is 5.22. The summed E-state index contributed by atoms with van der Waals surface area (Å²) in [7, 11) is 0. The molecule has 1 saturated carbocycles. The number of Topliss-reactive ketones (excluding diaryl/α,β-unsaturated/α-hetero) is 1. The van der Waals surface area contributed by atoms with Crippen LogP contribution in [-0.4, -0.2) is 12.3 Å². The minimum absolute atomic E-state index is 0.435. The lowest BCUT2D eigenvalue weighted by Crippen LogP contribution is -2.07. The average molecular weight is 143 g/mol. The third-order valence-corrected chi connectivity index (χ3v) is 1.47. The summed E-state index contributed by atoms with van der Waals surface area (Å²) in [6.45, 7) is 2.98. The normalized spacial score (nSPS) is 15.2. The molecule has 0 aromatic heterocycles. The van der Waals surface area contributed by atoms with Crippen LogP contribution in [0.4, 0.5) is 0 Å². The maximum Gasteiger partial charge on any atom is 0.132 e. The summed E-state index contributed by atoms with van der Waals surface area (Å²) in [5.41, 5.74) is 5.14. The van der Waals surface area contributed by atoms with Gasteiger partial charge in [0.15, 0.2) is 0 Å². The van der Waals surface area contributed by atoms with Crippen LogP contribution in [0.1, 0.15) is 39.0 Å². The summed E-state index contributed by atoms with van der Waals surface area (Å²) < 4.78 is 0. The van der Waals surface area contributed by atoms with Crippen LogP contribution in [0.3, 0.4) is 0 Å². The number of hydrogen-bond acceptors (Lipinski definition) is 2. The molecule has 1 fully saturated rings. The first-order chi connectivity index (χ1) is 4.81. The van der Waals surface area contributed by atoms with Crippen molar-refractivity contribution in [3.05, 3.63) is 0 Å². The van der Waals surface area contributed by atoms with Gasteiger partial charge in [0, 0.05) is 12.8 Å². The van der Waals surface area contributed by atoms with Gasteiger partial charge in [0.05, 0.1) is 0 Å². The fourth-order valence-corrected chi connectivity index (χ4v) is 0.525. The van der Waals surface area contributed by atoms with E-state index in [-0.39, 0.29) is 0 Å². The molecule has 1 rings (SSSR count). The highest BCUT2D eigenvalue weighted by Crippen LogP contribution is 2.10. The third-order valence-electron chi connectivity index (χ3n) is 1.47. The van der Waals surface area contributed by atoms with Crippen molar-refractivity contribution in [2.24, 2.45) is 5.73 Å². The van der Waals surface area contributed by atoms with Crippen molar-refractivity contribution in [2.75, 3.05) is 6.54 Å². The number of unbranched alkanes of at least 4 members (excludes halogenated alkanes) is 1. The van der Waals surface area contributed by atoms with E-state index < -0.39 is 0 Å². The largest absolute Gasteiger partial charge is 0.330 e. The standard InChI is InChI=1S/C4H11N.C4H6O/c1-2-3-4-5;5-4-2-1-3-4/h2-5H2,1H3;1-3H2. The summed E-state index contributed by atoms with van der Waals surface area (Å²) in [5.74, 6) is 0.435. The van der Waals surface area contributed by atoms with E-state index in [0.717, 1.165) is 25.8 Å². The van der Waals surface area contributed by atoms with Gasteiger partial charge in [-0.3, -0.25) is 4.79 Å². The lowest BCUT2D eigenvalue weighted by Gasteiger charge is -2.05. The predicted molar refractivity (Wildman–Crippen MR) is 42.8 cm³/mol. The Morgan fingerprint density at radius 1 is 1.50 bits per heavy atom. The van der Waals surface area contributed by atoms with E-state index in [1.54, 1.807) is 0 Å². The molecule has 1 aliphatic rings. The van der Waals surface area contributed by atoms with Gasteiger partial charge in [0.2, 0.25) is 0 Å². The number of rotatable bonds is 2. The Morgan fingerprint density at radius 3 is 2.00 bits per heavy atom.